The summed E-state index contributed by atoms with van der Waals surface area (Å²) >= 11 is 5.97. The third-order valence-corrected chi connectivity index (χ3v) is 5.70. The first kappa shape index (κ1) is 23.7. The fourth-order valence-electron chi connectivity index (χ4n) is 2.56. The van der Waals surface area contributed by atoms with E-state index in [0.29, 0.717) is 11.4 Å². The molecule has 0 aliphatic carbocycles. The summed E-state index contributed by atoms with van der Waals surface area (Å²) < 4.78 is 33.6. The lowest BCUT2D eigenvalue weighted by atomic mass is 9.87. The van der Waals surface area contributed by atoms with Gasteiger partial charge >= 0.3 is 5.97 Å². The number of methoxy groups -OCH3 is 1. The zero-order chi connectivity index (χ0) is 22.7. The lowest BCUT2D eigenvalue weighted by Crippen LogP contribution is -2.22. The molecular formula is C21H24ClNO6S. The van der Waals surface area contributed by atoms with Gasteiger partial charge in [0.15, 0.2) is 16.4 Å². The van der Waals surface area contributed by atoms with Crippen LogP contribution < -0.4 is 10.1 Å². The average Bonchev–Trinajstić information content (AvgIpc) is 2.64. The summed E-state index contributed by atoms with van der Waals surface area (Å²) in [4.78, 5) is 24.5. The first-order valence-electron chi connectivity index (χ1n) is 8.98. The number of amides is 1. The number of nitrogens with one attached hydrogen (secondary N) is 1. The van der Waals surface area contributed by atoms with Crippen molar-refractivity contribution < 1.29 is 27.5 Å². The fraction of sp³-hybridized carbons (Fsp3) is 0.333. The van der Waals surface area contributed by atoms with Gasteiger partial charge < -0.3 is 14.8 Å². The van der Waals surface area contributed by atoms with Crippen molar-refractivity contribution in [2.24, 2.45) is 0 Å². The number of hydrogen-bond donors (Lipinski definition) is 1. The molecule has 0 atom stereocenters. The quantitative estimate of drug-likeness (QED) is 0.667. The average molecular weight is 454 g/mol. The predicted octanol–water partition coefficient (Wildman–Crippen LogP) is 3.85. The molecule has 2 aromatic rings. The number of anilines is 1. The lowest BCUT2D eigenvalue weighted by Gasteiger charge is -2.21. The van der Waals surface area contributed by atoms with Gasteiger partial charge in [0.05, 0.1) is 28.3 Å². The van der Waals surface area contributed by atoms with Crippen molar-refractivity contribution >= 4 is 39.0 Å². The topological polar surface area (TPSA) is 98.8 Å². The number of carbonyl (C=O) groups excluding carboxylic acids is 2. The Balaban J connectivity index is 2.13. The molecule has 2 aromatic carbocycles. The van der Waals surface area contributed by atoms with Gasteiger partial charge in [0, 0.05) is 6.26 Å². The predicted molar refractivity (Wildman–Crippen MR) is 115 cm³/mol. The van der Waals surface area contributed by atoms with Crippen LogP contribution in [0.5, 0.6) is 5.75 Å². The molecule has 0 saturated heterocycles. The minimum Gasteiger partial charge on any atom is -0.495 e. The second-order valence-corrected chi connectivity index (χ2v) is 10.1. The highest BCUT2D eigenvalue weighted by Gasteiger charge is 2.20. The van der Waals surface area contributed by atoms with Crippen molar-refractivity contribution in [3.8, 4) is 5.75 Å². The summed E-state index contributed by atoms with van der Waals surface area (Å²) in [6.45, 7) is 5.53. The Morgan fingerprint density at radius 1 is 1.10 bits per heavy atom. The third kappa shape index (κ3) is 5.96. The number of esters is 1. The molecule has 0 spiro atoms. The standard InChI is InChI=1S/C21H24ClNO6S/c1-21(2,3)13-6-9-18(28-4)17(10-13)23-19(24)12-29-20(25)15-11-14(30(5,26)27)7-8-16(15)22/h6-11H,12H2,1-5H3,(H,23,24). The molecule has 0 aromatic heterocycles. The number of halogens is 1. The molecule has 0 fully saturated rings. The highest BCUT2D eigenvalue weighted by Crippen LogP contribution is 2.31. The lowest BCUT2D eigenvalue weighted by molar-refractivity contribution is -0.119. The Hall–Kier alpha value is -2.58. The minimum absolute atomic E-state index is 0.0207. The van der Waals surface area contributed by atoms with Crippen molar-refractivity contribution in [2.45, 2.75) is 31.1 Å². The Kier molecular flexibility index (Phi) is 7.15. The molecule has 0 saturated carbocycles. The van der Waals surface area contributed by atoms with Crippen LogP contribution in [0.4, 0.5) is 5.69 Å². The first-order valence-corrected chi connectivity index (χ1v) is 11.2. The van der Waals surface area contributed by atoms with E-state index in [1.165, 1.54) is 19.2 Å². The maximum absolute atomic E-state index is 12.3. The maximum Gasteiger partial charge on any atom is 0.340 e. The summed E-state index contributed by atoms with van der Waals surface area (Å²) in [5.74, 6) is -1.02. The van der Waals surface area contributed by atoms with E-state index in [9.17, 15) is 18.0 Å². The van der Waals surface area contributed by atoms with Gasteiger partial charge in [-0.2, -0.15) is 0 Å². The molecule has 30 heavy (non-hydrogen) atoms. The normalized spacial score (nSPS) is 11.7. The molecule has 0 aliphatic heterocycles. The van der Waals surface area contributed by atoms with E-state index < -0.39 is 28.3 Å². The van der Waals surface area contributed by atoms with Gasteiger partial charge in [-0.1, -0.05) is 38.4 Å². The molecule has 0 radical (unpaired) electrons. The van der Waals surface area contributed by atoms with Crippen molar-refractivity contribution in [1.29, 1.82) is 0 Å². The minimum atomic E-state index is -3.53. The molecule has 1 amide bonds. The molecule has 9 heteroatoms. The molecule has 1 N–H and O–H groups in total. The Morgan fingerprint density at radius 2 is 1.77 bits per heavy atom. The highest BCUT2D eigenvalue weighted by atomic mass is 35.5. The van der Waals surface area contributed by atoms with Gasteiger partial charge in [-0.25, -0.2) is 13.2 Å². The molecule has 162 valence electrons. The van der Waals surface area contributed by atoms with Crippen molar-refractivity contribution in [1.82, 2.24) is 0 Å². The SMILES string of the molecule is COc1ccc(C(C)(C)C)cc1NC(=O)COC(=O)c1cc(S(C)(=O)=O)ccc1Cl. The van der Waals surface area contributed by atoms with E-state index >= 15 is 0 Å². The molecule has 0 heterocycles. The van der Waals surface area contributed by atoms with E-state index in [1.54, 1.807) is 12.1 Å². The Bertz CT molecular complexity index is 1070. The fourth-order valence-corrected chi connectivity index (χ4v) is 3.40. The number of hydrogen-bond acceptors (Lipinski definition) is 6. The summed E-state index contributed by atoms with van der Waals surface area (Å²) in [5.41, 5.74) is 1.15. The van der Waals surface area contributed by atoms with Crippen LogP contribution in [0.15, 0.2) is 41.3 Å². The highest BCUT2D eigenvalue weighted by molar-refractivity contribution is 7.90. The van der Waals surface area contributed by atoms with Gasteiger partial charge in [0.2, 0.25) is 0 Å². The third-order valence-electron chi connectivity index (χ3n) is 4.26. The van der Waals surface area contributed by atoms with Gasteiger partial charge in [-0.05, 0) is 41.3 Å². The number of carbonyl (C=O) groups is 2. The molecule has 0 aliphatic rings. The largest absolute Gasteiger partial charge is 0.495 e. The summed E-state index contributed by atoms with van der Waals surface area (Å²) in [5, 5.41) is 2.68. The summed E-state index contributed by atoms with van der Waals surface area (Å²) in [6.07, 6.45) is 1.01. The van der Waals surface area contributed by atoms with Crippen LogP contribution in [0.25, 0.3) is 0 Å². The van der Waals surface area contributed by atoms with Crippen LogP contribution in [0.2, 0.25) is 5.02 Å². The van der Waals surface area contributed by atoms with E-state index in [-0.39, 0.29) is 20.9 Å². The Morgan fingerprint density at radius 3 is 2.33 bits per heavy atom. The maximum atomic E-state index is 12.3. The number of sulfone groups is 1. The second-order valence-electron chi connectivity index (χ2n) is 7.70. The van der Waals surface area contributed by atoms with Crippen molar-refractivity contribution in [3.63, 3.8) is 0 Å². The van der Waals surface area contributed by atoms with Crippen LogP contribution in [0.3, 0.4) is 0 Å². The van der Waals surface area contributed by atoms with Crippen molar-refractivity contribution in [2.75, 3.05) is 25.3 Å². The van der Waals surface area contributed by atoms with E-state index in [0.717, 1.165) is 17.9 Å². The number of benzene rings is 2. The molecule has 7 nitrogen and oxygen atoms in total. The monoisotopic (exact) mass is 453 g/mol. The first-order chi connectivity index (χ1) is 13.8. The number of ether oxygens (including phenoxy) is 2. The molecule has 0 bridgehead atoms. The summed E-state index contributed by atoms with van der Waals surface area (Å²) in [6, 6.07) is 9.15. The van der Waals surface area contributed by atoms with Crippen LogP contribution in [0.1, 0.15) is 36.7 Å². The van der Waals surface area contributed by atoms with Gasteiger partial charge in [0.25, 0.3) is 5.91 Å². The zero-order valence-electron chi connectivity index (χ0n) is 17.4. The van der Waals surface area contributed by atoms with Crippen LogP contribution in [0, 0.1) is 0 Å². The van der Waals surface area contributed by atoms with Crippen LogP contribution >= 0.6 is 11.6 Å². The molecular weight excluding hydrogens is 430 g/mol. The zero-order valence-corrected chi connectivity index (χ0v) is 19.0. The van der Waals surface area contributed by atoms with Gasteiger partial charge in [-0.3, -0.25) is 4.79 Å². The van der Waals surface area contributed by atoms with E-state index in [2.05, 4.69) is 5.32 Å². The van der Waals surface area contributed by atoms with Crippen LogP contribution in [-0.4, -0.2) is 40.3 Å². The summed E-state index contributed by atoms with van der Waals surface area (Å²) in [7, 11) is -2.05. The van der Waals surface area contributed by atoms with Crippen molar-refractivity contribution in [3.05, 3.63) is 52.5 Å². The second kappa shape index (κ2) is 9.06. The smallest absolute Gasteiger partial charge is 0.340 e. The van der Waals surface area contributed by atoms with Crippen LogP contribution in [-0.2, 0) is 24.8 Å². The van der Waals surface area contributed by atoms with Gasteiger partial charge in [0.1, 0.15) is 5.75 Å². The van der Waals surface area contributed by atoms with E-state index in [4.69, 9.17) is 21.1 Å². The molecule has 2 rings (SSSR count). The number of rotatable bonds is 6. The molecule has 0 unspecified atom stereocenters. The van der Waals surface area contributed by atoms with Gasteiger partial charge in [-0.15, -0.1) is 0 Å². The van der Waals surface area contributed by atoms with E-state index in [1.807, 2.05) is 26.8 Å². The Labute approximate surface area is 181 Å².